The van der Waals surface area contributed by atoms with E-state index in [1.165, 1.54) is 29.2 Å². The van der Waals surface area contributed by atoms with E-state index in [4.69, 9.17) is 0 Å². The molecule has 2 aromatic carbocycles. The highest BCUT2D eigenvalue weighted by molar-refractivity contribution is 7.98. The first-order valence-electron chi connectivity index (χ1n) is 8.36. The summed E-state index contributed by atoms with van der Waals surface area (Å²) in [6.07, 6.45) is -0.540. The van der Waals surface area contributed by atoms with Crippen molar-refractivity contribution < 1.29 is 14.3 Å². The summed E-state index contributed by atoms with van der Waals surface area (Å²) in [5, 5.41) is 12.5. The van der Waals surface area contributed by atoms with Crippen LogP contribution in [0.5, 0.6) is 0 Å². The van der Waals surface area contributed by atoms with Gasteiger partial charge in [-0.15, -0.1) is 11.3 Å². The van der Waals surface area contributed by atoms with Crippen LogP contribution in [0.15, 0.2) is 60.0 Å². The lowest BCUT2D eigenvalue weighted by molar-refractivity contribution is -0.115. The van der Waals surface area contributed by atoms with Crippen molar-refractivity contribution in [2.75, 3.05) is 10.7 Å². The van der Waals surface area contributed by atoms with E-state index in [9.17, 15) is 14.3 Å². The van der Waals surface area contributed by atoms with Gasteiger partial charge in [0.05, 0.1) is 17.5 Å². The SMILES string of the molecule is CC(=O)N(c1nc(CSCC(O)c2ccccc2)cs1)c1ccccc1F. The highest BCUT2D eigenvalue weighted by Crippen LogP contribution is 2.32. The maximum Gasteiger partial charge on any atom is 0.230 e. The number of amides is 1. The fourth-order valence-electron chi connectivity index (χ4n) is 2.55. The van der Waals surface area contributed by atoms with Crippen molar-refractivity contribution in [2.24, 2.45) is 0 Å². The molecular formula is C20H19FN2O2S2. The third-order valence-electron chi connectivity index (χ3n) is 3.85. The lowest BCUT2D eigenvalue weighted by atomic mass is 10.1. The van der Waals surface area contributed by atoms with Gasteiger partial charge in [0.15, 0.2) is 5.13 Å². The van der Waals surface area contributed by atoms with Gasteiger partial charge < -0.3 is 5.11 Å². The van der Waals surface area contributed by atoms with Gasteiger partial charge in [-0.25, -0.2) is 9.37 Å². The number of aliphatic hydroxyl groups excluding tert-OH is 1. The summed E-state index contributed by atoms with van der Waals surface area (Å²) >= 11 is 2.85. The van der Waals surface area contributed by atoms with Crippen LogP contribution in [0.25, 0.3) is 0 Å². The molecule has 0 fully saturated rings. The number of thiazole rings is 1. The molecule has 0 radical (unpaired) electrons. The number of halogens is 1. The van der Waals surface area contributed by atoms with E-state index in [0.29, 0.717) is 16.6 Å². The van der Waals surface area contributed by atoms with Crippen LogP contribution >= 0.6 is 23.1 Å². The van der Waals surface area contributed by atoms with Crippen molar-refractivity contribution in [3.05, 3.63) is 77.1 Å². The fourth-order valence-corrected chi connectivity index (χ4v) is 4.43. The van der Waals surface area contributed by atoms with E-state index in [1.807, 2.05) is 35.7 Å². The van der Waals surface area contributed by atoms with Gasteiger partial charge in [0, 0.05) is 23.8 Å². The molecule has 7 heteroatoms. The standard InChI is InChI=1S/C20H19FN2O2S2/c1-14(24)23(18-10-6-5-9-17(18)21)20-22-16(12-27-20)11-26-13-19(25)15-7-3-2-4-8-15/h2-10,12,19,25H,11,13H2,1H3. The van der Waals surface area contributed by atoms with Gasteiger partial charge in [-0.1, -0.05) is 42.5 Å². The Kier molecular flexibility index (Phi) is 6.60. The second-order valence-corrected chi connectivity index (χ2v) is 7.74. The van der Waals surface area contributed by atoms with Crippen molar-refractivity contribution in [1.29, 1.82) is 0 Å². The predicted molar refractivity (Wildman–Crippen MR) is 109 cm³/mol. The van der Waals surface area contributed by atoms with E-state index >= 15 is 0 Å². The zero-order chi connectivity index (χ0) is 19.2. The number of hydrogen-bond donors (Lipinski definition) is 1. The van der Waals surface area contributed by atoms with Crippen LogP contribution in [-0.2, 0) is 10.5 Å². The number of hydrogen-bond acceptors (Lipinski definition) is 5. The number of para-hydroxylation sites is 1. The Labute approximate surface area is 165 Å². The molecule has 0 bridgehead atoms. The third kappa shape index (κ3) is 4.94. The van der Waals surface area contributed by atoms with Crippen molar-refractivity contribution in [3.8, 4) is 0 Å². The second-order valence-electron chi connectivity index (χ2n) is 5.87. The number of thioether (sulfide) groups is 1. The number of carbonyl (C=O) groups excluding carboxylic acids is 1. The zero-order valence-electron chi connectivity index (χ0n) is 14.7. The maximum atomic E-state index is 14.1. The molecule has 0 aliphatic carbocycles. The molecule has 1 atom stereocenters. The summed E-state index contributed by atoms with van der Waals surface area (Å²) in [7, 11) is 0. The lowest BCUT2D eigenvalue weighted by Crippen LogP contribution is -2.23. The van der Waals surface area contributed by atoms with E-state index in [2.05, 4.69) is 4.98 Å². The van der Waals surface area contributed by atoms with Crippen LogP contribution in [0, 0.1) is 5.82 Å². The van der Waals surface area contributed by atoms with Crippen molar-refractivity contribution in [2.45, 2.75) is 18.8 Å². The van der Waals surface area contributed by atoms with Crippen molar-refractivity contribution in [1.82, 2.24) is 4.98 Å². The molecule has 0 spiro atoms. The molecule has 1 N–H and O–H groups in total. The topological polar surface area (TPSA) is 53.4 Å². The normalized spacial score (nSPS) is 12.0. The first-order valence-corrected chi connectivity index (χ1v) is 10.4. The molecule has 1 heterocycles. The van der Waals surface area contributed by atoms with Crippen LogP contribution in [0.2, 0.25) is 0 Å². The molecule has 0 aliphatic rings. The fraction of sp³-hybridized carbons (Fsp3) is 0.200. The lowest BCUT2D eigenvalue weighted by Gasteiger charge is -2.18. The highest BCUT2D eigenvalue weighted by atomic mass is 32.2. The molecule has 0 saturated carbocycles. The molecule has 3 aromatic rings. The first kappa shape index (κ1) is 19.5. The molecular weight excluding hydrogens is 383 g/mol. The van der Waals surface area contributed by atoms with Gasteiger partial charge in [-0.05, 0) is 17.7 Å². The highest BCUT2D eigenvalue weighted by Gasteiger charge is 2.20. The number of anilines is 2. The van der Waals surface area contributed by atoms with Gasteiger partial charge in [-0.3, -0.25) is 9.69 Å². The van der Waals surface area contributed by atoms with Gasteiger partial charge in [0.1, 0.15) is 5.82 Å². The number of carbonyl (C=O) groups is 1. The molecule has 1 aromatic heterocycles. The first-order chi connectivity index (χ1) is 13.1. The Morgan fingerprint density at radius 2 is 1.93 bits per heavy atom. The molecule has 0 aliphatic heterocycles. The quantitative estimate of drug-likeness (QED) is 0.609. The minimum Gasteiger partial charge on any atom is -0.388 e. The number of benzene rings is 2. The Hall–Kier alpha value is -2.22. The van der Waals surface area contributed by atoms with Crippen LogP contribution in [0.4, 0.5) is 15.2 Å². The monoisotopic (exact) mass is 402 g/mol. The number of nitrogens with zero attached hydrogens (tertiary/aromatic N) is 2. The van der Waals surface area contributed by atoms with Crippen molar-refractivity contribution >= 4 is 39.8 Å². The smallest absolute Gasteiger partial charge is 0.230 e. The van der Waals surface area contributed by atoms with Crippen LogP contribution in [-0.4, -0.2) is 21.8 Å². The molecule has 4 nitrogen and oxygen atoms in total. The van der Waals surface area contributed by atoms with Crippen LogP contribution in [0.1, 0.15) is 24.3 Å². The molecule has 1 unspecified atom stereocenters. The minimum atomic E-state index is -0.540. The maximum absolute atomic E-state index is 14.1. The number of aliphatic hydroxyl groups is 1. The summed E-state index contributed by atoms with van der Waals surface area (Å²) < 4.78 is 14.1. The average molecular weight is 403 g/mol. The summed E-state index contributed by atoms with van der Waals surface area (Å²) in [5.41, 5.74) is 1.87. The number of aromatic nitrogens is 1. The molecule has 27 heavy (non-hydrogen) atoms. The van der Waals surface area contributed by atoms with Gasteiger partial charge in [0.2, 0.25) is 5.91 Å². The Balaban J connectivity index is 1.65. The van der Waals surface area contributed by atoms with E-state index in [1.54, 1.807) is 30.0 Å². The van der Waals surface area contributed by atoms with Gasteiger partial charge >= 0.3 is 0 Å². The largest absolute Gasteiger partial charge is 0.388 e. The summed E-state index contributed by atoms with van der Waals surface area (Å²) in [6.45, 7) is 1.39. The second kappa shape index (κ2) is 9.12. The Morgan fingerprint density at radius 3 is 2.63 bits per heavy atom. The van der Waals surface area contributed by atoms with E-state index in [0.717, 1.165) is 11.3 Å². The van der Waals surface area contributed by atoms with E-state index < -0.39 is 11.9 Å². The molecule has 0 saturated heterocycles. The third-order valence-corrected chi connectivity index (χ3v) is 5.78. The zero-order valence-corrected chi connectivity index (χ0v) is 16.3. The van der Waals surface area contributed by atoms with Crippen LogP contribution < -0.4 is 4.90 Å². The summed E-state index contributed by atoms with van der Waals surface area (Å²) in [6, 6.07) is 15.6. The summed E-state index contributed by atoms with van der Waals surface area (Å²) in [5.74, 6) is 0.377. The van der Waals surface area contributed by atoms with Gasteiger partial charge in [0.25, 0.3) is 0 Å². The number of rotatable bonds is 7. The van der Waals surface area contributed by atoms with Gasteiger partial charge in [-0.2, -0.15) is 11.8 Å². The minimum absolute atomic E-state index is 0.193. The summed E-state index contributed by atoms with van der Waals surface area (Å²) in [4.78, 5) is 17.8. The Morgan fingerprint density at radius 1 is 1.22 bits per heavy atom. The predicted octanol–water partition coefficient (Wildman–Crippen LogP) is 4.93. The van der Waals surface area contributed by atoms with Crippen molar-refractivity contribution in [3.63, 3.8) is 0 Å². The Bertz CT molecular complexity index is 902. The average Bonchev–Trinajstić information content (AvgIpc) is 3.12. The molecule has 3 rings (SSSR count). The molecule has 1 amide bonds. The van der Waals surface area contributed by atoms with E-state index in [-0.39, 0.29) is 11.6 Å². The van der Waals surface area contributed by atoms with Crippen LogP contribution in [0.3, 0.4) is 0 Å². The molecule has 140 valence electrons.